The van der Waals surface area contributed by atoms with Crippen molar-refractivity contribution >= 4 is 54.1 Å². The summed E-state index contributed by atoms with van der Waals surface area (Å²) in [5.74, 6) is -0.471. The average Bonchev–Trinajstić information content (AvgIpc) is 3.40. The molecular weight excluding hydrogens is 435 g/mol. The fourth-order valence-corrected chi connectivity index (χ4v) is 5.57. The molecule has 0 aliphatic carbocycles. The lowest BCUT2D eigenvalue weighted by molar-refractivity contribution is 0.0376. The van der Waals surface area contributed by atoms with Gasteiger partial charge in [0, 0.05) is 26.2 Å². The van der Waals surface area contributed by atoms with Crippen molar-refractivity contribution in [1.82, 2.24) is 14.9 Å². The number of morpholine rings is 1. The zero-order chi connectivity index (χ0) is 21.2. The highest BCUT2D eigenvalue weighted by Gasteiger charge is 2.24. The summed E-state index contributed by atoms with van der Waals surface area (Å²) in [5, 5.41) is 1.02. The Kier molecular flexibility index (Phi) is 5.91. The summed E-state index contributed by atoms with van der Waals surface area (Å²) in [4.78, 5) is 26.7. The maximum atomic E-state index is 13.7. The molecule has 160 valence electrons. The van der Waals surface area contributed by atoms with E-state index < -0.39 is 0 Å². The van der Waals surface area contributed by atoms with Crippen molar-refractivity contribution in [2.45, 2.75) is 6.42 Å². The van der Waals surface area contributed by atoms with Crippen molar-refractivity contribution < 1.29 is 13.9 Å². The number of hydrogen-bond acceptors (Lipinski definition) is 7. The Morgan fingerprint density at radius 3 is 2.71 bits per heavy atom. The van der Waals surface area contributed by atoms with Gasteiger partial charge in [0.1, 0.15) is 5.82 Å². The number of carbonyl (C=O) groups is 1. The predicted molar refractivity (Wildman–Crippen MR) is 123 cm³/mol. The van der Waals surface area contributed by atoms with Crippen LogP contribution in [0.2, 0.25) is 0 Å². The molecule has 1 saturated heterocycles. The Labute approximate surface area is 186 Å². The molecule has 0 bridgehead atoms. The summed E-state index contributed by atoms with van der Waals surface area (Å²) in [5.41, 5.74) is 1.51. The molecule has 2 aromatic carbocycles. The molecule has 0 N–H and O–H groups in total. The number of halogens is 1. The number of anilines is 1. The molecule has 1 aliphatic rings. The van der Waals surface area contributed by atoms with Crippen molar-refractivity contribution in [3.05, 3.63) is 53.3 Å². The van der Waals surface area contributed by atoms with E-state index in [9.17, 15) is 9.18 Å². The molecule has 0 unspecified atom stereocenters. The standard InChI is InChI=1S/C22H21FN4O2S2/c23-15-6-7-17-19(14-15)31-22(25-17)27(9-3-8-26-10-12-29-13-11-26)21(28)20-24-16-4-1-2-5-18(16)30-20/h1-2,4-7,14H,3,8-13H2. The number of hydrogen-bond donors (Lipinski definition) is 0. The van der Waals surface area contributed by atoms with Gasteiger partial charge in [0.05, 0.1) is 33.6 Å². The molecular formula is C22H21FN4O2S2. The number of aromatic nitrogens is 2. The summed E-state index contributed by atoms with van der Waals surface area (Å²) in [6.07, 6.45) is 0.806. The lowest BCUT2D eigenvalue weighted by Crippen LogP contribution is -2.39. The van der Waals surface area contributed by atoms with Crippen LogP contribution in [0, 0.1) is 5.82 Å². The smallest absolute Gasteiger partial charge is 0.289 e. The largest absolute Gasteiger partial charge is 0.379 e. The number of carbonyl (C=O) groups excluding carboxylic acids is 1. The van der Waals surface area contributed by atoms with Gasteiger partial charge in [0.2, 0.25) is 0 Å². The number of para-hydroxylation sites is 1. The van der Waals surface area contributed by atoms with Crippen molar-refractivity contribution in [3.63, 3.8) is 0 Å². The second kappa shape index (κ2) is 8.96. The van der Waals surface area contributed by atoms with Crippen molar-refractivity contribution in [2.75, 3.05) is 44.3 Å². The minimum absolute atomic E-state index is 0.164. The van der Waals surface area contributed by atoms with Gasteiger partial charge in [-0.1, -0.05) is 23.5 Å². The molecule has 0 radical (unpaired) electrons. The third-order valence-corrected chi connectivity index (χ3v) is 7.32. The van der Waals surface area contributed by atoms with Gasteiger partial charge in [-0.05, 0) is 36.8 Å². The van der Waals surface area contributed by atoms with Gasteiger partial charge >= 0.3 is 0 Å². The molecule has 1 aliphatic heterocycles. The van der Waals surface area contributed by atoms with Crippen LogP contribution in [0.1, 0.15) is 16.2 Å². The highest BCUT2D eigenvalue weighted by Crippen LogP contribution is 2.31. The van der Waals surface area contributed by atoms with Crippen LogP contribution < -0.4 is 4.90 Å². The van der Waals surface area contributed by atoms with Crippen LogP contribution >= 0.6 is 22.7 Å². The van der Waals surface area contributed by atoms with Crippen molar-refractivity contribution in [3.8, 4) is 0 Å². The molecule has 31 heavy (non-hydrogen) atoms. The van der Waals surface area contributed by atoms with E-state index >= 15 is 0 Å². The van der Waals surface area contributed by atoms with Gasteiger partial charge in [-0.15, -0.1) is 11.3 Å². The highest BCUT2D eigenvalue weighted by atomic mass is 32.1. The number of nitrogens with zero attached hydrogens (tertiary/aromatic N) is 4. The molecule has 9 heteroatoms. The summed E-state index contributed by atoms with van der Waals surface area (Å²) >= 11 is 2.72. The Hall–Kier alpha value is -2.46. The quantitative estimate of drug-likeness (QED) is 0.430. The third-order valence-electron chi connectivity index (χ3n) is 5.25. The molecule has 5 rings (SSSR count). The van der Waals surface area contributed by atoms with E-state index in [0.717, 1.165) is 54.2 Å². The molecule has 4 aromatic rings. The maximum absolute atomic E-state index is 13.7. The topological polar surface area (TPSA) is 58.6 Å². The number of amides is 1. The van der Waals surface area contributed by atoms with Crippen LogP contribution in [0.25, 0.3) is 20.4 Å². The number of rotatable bonds is 6. The lowest BCUT2D eigenvalue weighted by Gasteiger charge is -2.27. The first-order chi connectivity index (χ1) is 15.2. The van der Waals surface area contributed by atoms with Crippen LogP contribution in [0.15, 0.2) is 42.5 Å². The van der Waals surface area contributed by atoms with Crippen LogP contribution in [0.3, 0.4) is 0 Å². The van der Waals surface area contributed by atoms with E-state index in [1.807, 2.05) is 24.3 Å². The van der Waals surface area contributed by atoms with E-state index in [1.165, 1.54) is 34.8 Å². The lowest BCUT2D eigenvalue weighted by atomic mass is 10.3. The van der Waals surface area contributed by atoms with Gasteiger partial charge in [-0.2, -0.15) is 0 Å². The van der Waals surface area contributed by atoms with Crippen LogP contribution in [0.4, 0.5) is 9.52 Å². The molecule has 0 spiro atoms. The maximum Gasteiger partial charge on any atom is 0.289 e. The second-order valence-electron chi connectivity index (χ2n) is 7.36. The molecule has 6 nitrogen and oxygen atoms in total. The van der Waals surface area contributed by atoms with Crippen molar-refractivity contribution in [1.29, 1.82) is 0 Å². The number of benzene rings is 2. The monoisotopic (exact) mass is 456 g/mol. The van der Waals surface area contributed by atoms with Gasteiger partial charge in [-0.3, -0.25) is 14.6 Å². The molecule has 3 heterocycles. The predicted octanol–water partition coefficient (Wildman–Crippen LogP) is 4.41. The fourth-order valence-electron chi connectivity index (χ4n) is 3.64. The zero-order valence-electron chi connectivity index (χ0n) is 16.8. The SMILES string of the molecule is O=C(c1nc2ccccc2s1)N(CCCN1CCOCC1)c1nc2ccc(F)cc2s1. The molecule has 2 aromatic heterocycles. The van der Waals surface area contributed by atoms with Crippen LogP contribution in [0.5, 0.6) is 0 Å². The van der Waals surface area contributed by atoms with Gasteiger partial charge in [0.25, 0.3) is 5.91 Å². The third kappa shape index (κ3) is 4.45. The van der Waals surface area contributed by atoms with Crippen LogP contribution in [-0.2, 0) is 4.74 Å². The normalized spacial score (nSPS) is 15.0. The Morgan fingerprint density at radius 2 is 1.87 bits per heavy atom. The highest BCUT2D eigenvalue weighted by molar-refractivity contribution is 7.22. The first-order valence-electron chi connectivity index (χ1n) is 10.2. The van der Waals surface area contributed by atoms with E-state index in [4.69, 9.17) is 4.74 Å². The van der Waals surface area contributed by atoms with Crippen LogP contribution in [-0.4, -0.2) is 60.2 Å². The molecule has 1 fully saturated rings. The Bertz CT molecular complexity index is 1190. The molecule has 0 atom stereocenters. The second-order valence-corrected chi connectivity index (χ2v) is 9.40. The summed E-state index contributed by atoms with van der Waals surface area (Å²) in [7, 11) is 0. The first kappa shape index (κ1) is 20.4. The van der Waals surface area contributed by atoms with E-state index in [2.05, 4.69) is 14.9 Å². The average molecular weight is 457 g/mol. The minimum atomic E-state index is -0.306. The van der Waals surface area contributed by atoms with Gasteiger partial charge < -0.3 is 4.74 Å². The first-order valence-corrected chi connectivity index (χ1v) is 11.8. The van der Waals surface area contributed by atoms with E-state index in [-0.39, 0.29) is 11.7 Å². The molecule has 1 amide bonds. The van der Waals surface area contributed by atoms with Gasteiger partial charge in [0.15, 0.2) is 10.1 Å². The number of thiazole rings is 2. The summed E-state index contributed by atoms with van der Waals surface area (Å²) < 4.78 is 20.8. The zero-order valence-corrected chi connectivity index (χ0v) is 18.4. The van der Waals surface area contributed by atoms with E-state index in [1.54, 1.807) is 11.0 Å². The van der Waals surface area contributed by atoms with Gasteiger partial charge in [-0.25, -0.2) is 14.4 Å². The number of fused-ring (bicyclic) bond motifs is 2. The Morgan fingerprint density at radius 1 is 1.06 bits per heavy atom. The fraction of sp³-hybridized carbons (Fsp3) is 0.318. The Balaban J connectivity index is 1.42. The minimum Gasteiger partial charge on any atom is -0.379 e. The summed E-state index contributed by atoms with van der Waals surface area (Å²) in [6.45, 7) is 4.72. The van der Waals surface area contributed by atoms with Crippen molar-refractivity contribution in [2.24, 2.45) is 0 Å². The molecule has 0 saturated carbocycles. The number of ether oxygens (including phenoxy) is 1. The summed E-state index contributed by atoms with van der Waals surface area (Å²) in [6, 6.07) is 12.2. The van der Waals surface area contributed by atoms with E-state index in [0.29, 0.717) is 22.2 Å².